The van der Waals surface area contributed by atoms with Crippen LogP contribution in [-0.2, 0) is 16.0 Å². The van der Waals surface area contributed by atoms with Gasteiger partial charge in [0.15, 0.2) is 5.12 Å². The first-order valence-electron chi connectivity index (χ1n) is 6.21. The molecule has 0 radical (unpaired) electrons. The molecule has 0 aliphatic rings. The van der Waals surface area contributed by atoms with Crippen molar-refractivity contribution >= 4 is 28.9 Å². The van der Waals surface area contributed by atoms with Gasteiger partial charge < -0.3 is 9.84 Å². The van der Waals surface area contributed by atoms with Gasteiger partial charge >= 0.3 is 5.97 Å². The predicted octanol–water partition coefficient (Wildman–Crippen LogP) is 3.01. The molecule has 1 rings (SSSR count). The molecule has 0 fully saturated rings. The Hall–Kier alpha value is -1.75. The third kappa shape index (κ3) is 5.93. The standard InChI is InChI=1S/C15H18O4S/c1-11(16)20-8-4-3-5-12-9-14(19-2)7-6-13(12)10-15(17)18/h3,5-7,9H,4,8,10H2,1-2H3,(H,17,18). The molecule has 20 heavy (non-hydrogen) atoms. The summed E-state index contributed by atoms with van der Waals surface area (Å²) in [5, 5.41) is 9.00. The number of carboxylic acids is 1. The summed E-state index contributed by atoms with van der Waals surface area (Å²) in [6.45, 7) is 1.54. The second kappa shape index (κ2) is 8.43. The monoisotopic (exact) mass is 294 g/mol. The number of hydrogen-bond donors (Lipinski definition) is 1. The lowest BCUT2D eigenvalue weighted by Gasteiger charge is -2.06. The van der Waals surface area contributed by atoms with Crippen LogP contribution >= 0.6 is 11.8 Å². The number of methoxy groups -OCH3 is 1. The Labute approximate surface area is 122 Å². The van der Waals surface area contributed by atoms with E-state index in [1.165, 1.54) is 11.8 Å². The van der Waals surface area contributed by atoms with Crippen molar-refractivity contribution in [3.05, 3.63) is 35.4 Å². The van der Waals surface area contributed by atoms with Gasteiger partial charge in [-0.25, -0.2) is 0 Å². The van der Waals surface area contributed by atoms with E-state index in [-0.39, 0.29) is 11.5 Å². The third-order valence-electron chi connectivity index (χ3n) is 2.58. The highest BCUT2D eigenvalue weighted by Gasteiger charge is 2.06. The molecule has 0 saturated heterocycles. The van der Waals surface area contributed by atoms with Gasteiger partial charge in [-0.3, -0.25) is 9.59 Å². The van der Waals surface area contributed by atoms with E-state index in [1.54, 1.807) is 26.2 Å². The van der Waals surface area contributed by atoms with Crippen LogP contribution in [0.5, 0.6) is 5.75 Å². The van der Waals surface area contributed by atoms with Crippen molar-refractivity contribution in [3.8, 4) is 5.75 Å². The van der Waals surface area contributed by atoms with Gasteiger partial charge in [0, 0.05) is 12.7 Å². The number of aliphatic carboxylic acids is 1. The molecule has 0 saturated carbocycles. The van der Waals surface area contributed by atoms with Crippen LogP contribution < -0.4 is 4.74 Å². The highest BCUT2D eigenvalue weighted by Crippen LogP contribution is 2.20. The van der Waals surface area contributed by atoms with E-state index in [0.29, 0.717) is 5.75 Å². The largest absolute Gasteiger partial charge is 0.497 e. The zero-order valence-electron chi connectivity index (χ0n) is 11.6. The van der Waals surface area contributed by atoms with Crippen molar-refractivity contribution < 1.29 is 19.4 Å². The first-order valence-corrected chi connectivity index (χ1v) is 7.20. The molecule has 0 amide bonds. The minimum Gasteiger partial charge on any atom is -0.497 e. The van der Waals surface area contributed by atoms with Crippen molar-refractivity contribution in [2.75, 3.05) is 12.9 Å². The van der Waals surface area contributed by atoms with E-state index < -0.39 is 5.97 Å². The van der Waals surface area contributed by atoms with Crippen molar-refractivity contribution in [3.63, 3.8) is 0 Å². The molecule has 5 heteroatoms. The summed E-state index contributed by atoms with van der Waals surface area (Å²) in [5.41, 5.74) is 1.58. The van der Waals surface area contributed by atoms with Crippen LogP contribution in [0.4, 0.5) is 0 Å². The van der Waals surface area contributed by atoms with E-state index in [2.05, 4.69) is 0 Å². The minimum absolute atomic E-state index is 0.0220. The van der Waals surface area contributed by atoms with Crippen molar-refractivity contribution in [2.45, 2.75) is 19.8 Å². The average molecular weight is 294 g/mol. The molecule has 1 N–H and O–H groups in total. The number of allylic oxidation sites excluding steroid dienone is 1. The molecule has 108 valence electrons. The Morgan fingerprint density at radius 1 is 1.40 bits per heavy atom. The number of benzene rings is 1. The molecule has 1 aromatic rings. The Bertz CT molecular complexity index is 509. The Kier molecular flexibility index (Phi) is 6.87. The molecule has 0 heterocycles. The summed E-state index contributed by atoms with van der Waals surface area (Å²) in [6, 6.07) is 5.32. The Morgan fingerprint density at radius 2 is 2.15 bits per heavy atom. The van der Waals surface area contributed by atoms with Gasteiger partial charge in [-0.05, 0) is 29.7 Å². The fourth-order valence-electron chi connectivity index (χ4n) is 1.66. The van der Waals surface area contributed by atoms with Gasteiger partial charge in [0.1, 0.15) is 5.75 Å². The topological polar surface area (TPSA) is 63.6 Å². The van der Waals surface area contributed by atoms with Crippen LogP contribution in [0, 0.1) is 0 Å². The van der Waals surface area contributed by atoms with Crippen LogP contribution in [0.15, 0.2) is 24.3 Å². The van der Waals surface area contributed by atoms with Crippen LogP contribution in [0.25, 0.3) is 6.08 Å². The SMILES string of the molecule is COc1ccc(CC(=O)O)c(C=CCCSC(C)=O)c1. The summed E-state index contributed by atoms with van der Waals surface area (Å²) < 4.78 is 5.14. The molecule has 0 aromatic heterocycles. The van der Waals surface area contributed by atoms with E-state index in [0.717, 1.165) is 23.3 Å². The van der Waals surface area contributed by atoms with E-state index in [1.807, 2.05) is 18.2 Å². The van der Waals surface area contributed by atoms with Gasteiger partial charge in [-0.1, -0.05) is 30.0 Å². The predicted molar refractivity (Wildman–Crippen MR) is 81.1 cm³/mol. The molecule has 0 atom stereocenters. The molecule has 0 spiro atoms. The highest BCUT2D eigenvalue weighted by molar-refractivity contribution is 8.13. The van der Waals surface area contributed by atoms with Crippen LogP contribution in [-0.4, -0.2) is 29.1 Å². The lowest BCUT2D eigenvalue weighted by molar-refractivity contribution is -0.136. The zero-order valence-corrected chi connectivity index (χ0v) is 12.4. The quantitative estimate of drug-likeness (QED) is 0.783. The molecular weight excluding hydrogens is 276 g/mol. The second-order valence-corrected chi connectivity index (χ2v) is 5.44. The second-order valence-electron chi connectivity index (χ2n) is 4.17. The number of carboxylic acid groups (broad SMARTS) is 1. The Balaban J connectivity index is 2.76. The van der Waals surface area contributed by atoms with E-state index in [9.17, 15) is 9.59 Å². The van der Waals surface area contributed by atoms with E-state index >= 15 is 0 Å². The number of rotatable bonds is 7. The summed E-state index contributed by atoms with van der Waals surface area (Å²) >= 11 is 1.28. The van der Waals surface area contributed by atoms with Gasteiger partial charge in [0.2, 0.25) is 0 Å². The van der Waals surface area contributed by atoms with Gasteiger partial charge in [-0.15, -0.1) is 0 Å². The molecule has 0 unspecified atom stereocenters. The summed E-state index contributed by atoms with van der Waals surface area (Å²) in [6.07, 6.45) is 4.55. The smallest absolute Gasteiger partial charge is 0.307 e. The number of hydrogen-bond acceptors (Lipinski definition) is 4. The molecular formula is C15H18O4S. The van der Waals surface area contributed by atoms with Crippen LogP contribution in [0.1, 0.15) is 24.5 Å². The Morgan fingerprint density at radius 3 is 2.75 bits per heavy atom. The molecule has 4 nitrogen and oxygen atoms in total. The normalized spacial score (nSPS) is 10.7. The van der Waals surface area contributed by atoms with Crippen LogP contribution in [0.3, 0.4) is 0 Å². The molecule has 0 bridgehead atoms. The molecule has 0 aliphatic carbocycles. The highest BCUT2D eigenvalue weighted by atomic mass is 32.2. The minimum atomic E-state index is -0.864. The van der Waals surface area contributed by atoms with Gasteiger partial charge in [0.05, 0.1) is 13.5 Å². The van der Waals surface area contributed by atoms with Crippen LogP contribution in [0.2, 0.25) is 0 Å². The molecule has 0 aliphatic heterocycles. The maximum atomic E-state index is 10.8. The fourth-order valence-corrected chi connectivity index (χ4v) is 2.20. The maximum absolute atomic E-state index is 10.8. The number of thioether (sulfide) groups is 1. The number of carbonyl (C=O) groups excluding carboxylic acids is 1. The number of carbonyl (C=O) groups is 2. The first-order chi connectivity index (χ1) is 9.52. The summed E-state index contributed by atoms with van der Waals surface area (Å²) in [7, 11) is 1.57. The van der Waals surface area contributed by atoms with E-state index in [4.69, 9.17) is 9.84 Å². The van der Waals surface area contributed by atoms with Crippen molar-refractivity contribution in [2.24, 2.45) is 0 Å². The summed E-state index contributed by atoms with van der Waals surface area (Å²) in [4.78, 5) is 21.6. The van der Waals surface area contributed by atoms with Gasteiger partial charge in [-0.2, -0.15) is 0 Å². The van der Waals surface area contributed by atoms with Gasteiger partial charge in [0.25, 0.3) is 0 Å². The van der Waals surface area contributed by atoms with Crippen molar-refractivity contribution in [1.82, 2.24) is 0 Å². The van der Waals surface area contributed by atoms with Crippen molar-refractivity contribution in [1.29, 1.82) is 0 Å². The summed E-state index contributed by atoms with van der Waals surface area (Å²) in [5.74, 6) is 0.554. The fraction of sp³-hybridized carbons (Fsp3) is 0.333. The zero-order chi connectivity index (χ0) is 15.0. The lowest BCUT2D eigenvalue weighted by Crippen LogP contribution is -2.02. The number of ether oxygens (including phenoxy) is 1. The lowest BCUT2D eigenvalue weighted by atomic mass is 10.0. The first kappa shape index (κ1) is 16.3. The average Bonchev–Trinajstić information content (AvgIpc) is 2.39. The molecule has 1 aromatic carbocycles. The third-order valence-corrected chi connectivity index (χ3v) is 3.43. The maximum Gasteiger partial charge on any atom is 0.307 e.